The molecule has 0 N–H and O–H groups in total. The average molecular weight is 392 g/mol. The third-order valence-corrected chi connectivity index (χ3v) is 4.62. The van der Waals surface area contributed by atoms with Gasteiger partial charge in [-0.1, -0.05) is 29.8 Å². The largest absolute Gasteiger partial charge is 0.460 e. The highest BCUT2D eigenvalue weighted by atomic mass is 16.5. The molecule has 1 heterocycles. The van der Waals surface area contributed by atoms with Gasteiger partial charge >= 0.3 is 5.97 Å². The van der Waals surface area contributed by atoms with Crippen LogP contribution in [0.25, 0.3) is 5.69 Å². The summed E-state index contributed by atoms with van der Waals surface area (Å²) in [6, 6.07) is 14.1. The highest BCUT2D eigenvalue weighted by Gasteiger charge is 2.24. The number of benzene rings is 2. The first-order chi connectivity index (χ1) is 14.0. The van der Waals surface area contributed by atoms with Crippen LogP contribution in [0.2, 0.25) is 0 Å². The first-order valence-corrected chi connectivity index (χ1v) is 9.51. The Bertz CT molecular complexity index is 971. The van der Waals surface area contributed by atoms with Gasteiger partial charge < -0.3 is 9.64 Å². The van der Waals surface area contributed by atoms with Crippen LogP contribution < -0.4 is 0 Å². The molecule has 7 nitrogen and oxygen atoms in total. The molecule has 1 amide bonds. The van der Waals surface area contributed by atoms with Gasteiger partial charge in [0, 0.05) is 6.54 Å². The fourth-order valence-corrected chi connectivity index (χ4v) is 3.09. The molecule has 0 aliphatic carbocycles. The molecular weight excluding hydrogens is 368 g/mol. The predicted molar refractivity (Wildman–Crippen MR) is 109 cm³/mol. The number of carbonyl (C=O) groups excluding carboxylic acids is 2. The minimum absolute atomic E-state index is 0.106. The molecule has 0 radical (unpaired) electrons. The standard InChI is InChI=1S/C22H24N4O3/c1-4-25(17(3)15-29-22(28)18-8-6-5-7-9-18)21(27)19-14-16(2)10-11-20(19)26-23-12-13-24-26/h5-14,17H,4,15H2,1-3H3/t17-/m0/s1. The highest BCUT2D eigenvalue weighted by molar-refractivity contribution is 5.98. The molecule has 0 spiro atoms. The summed E-state index contributed by atoms with van der Waals surface area (Å²) in [4.78, 5) is 28.6. The number of esters is 1. The van der Waals surface area contributed by atoms with E-state index in [9.17, 15) is 9.59 Å². The zero-order valence-electron chi connectivity index (χ0n) is 16.8. The third kappa shape index (κ3) is 4.68. The van der Waals surface area contributed by atoms with Gasteiger partial charge in [0.05, 0.1) is 35.2 Å². The summed E-state index contributed by atoms with van der Waals surface area (Å²) >= 11 is 0. The van der Waals surface area contributed by atoms with Gasteiger partial charge in [0.25, 0.3) is 5.91 Å². The second-order valence-corrected chi connectivity index (χ2v) is 6.74. The molecule has 7 heteroatoms. The van der Waals surface area contributed by atoms with E-state index in [4.69, 9.17) is 4.74 Å². The lowest BCUT2D eigenvalue weighted by atomic mass is 10.1. The number of rotatable bonds is 7. The third-order valence-electron chi connectivity index (χ3n) is 4.62. The Kier molecular flexibility index (Phi) is 6.39. The molecule has 1 atom stereocenters. The number of carbonyl (C=O) groups is 2. The van der Waals surface area contributed by atoms with Crippen LogP contribution in [0.15, 0.2) is 60.9 Å². The zero-order valence-corrected chi connectivity index (χ0v) is 16.8. The molecular formula is C22H24N4O3. The van der Waals surface area contributed by atoms with Crippen molar-refractivity contribution in [2.45, 2.75) is 26.8 Å². The predicted octanol–water partition coefficient (Wildman–Crippen LogP) is 3.28. The minimum atomic E-state index is -0.405. The molecule has 0 aliphatic rings. The van der Waals surface area contributed by atoms with E-state index < -0.39 is 5.97 Å². The summed E-state index contributed by atoms with van der Waals surface area (Å²) in [5.41, 5.74) is 2.56. The Morgan fingerprint density at radius 2 is 1.79 bits per heavy atom. The monoisotopic (exact) mass is 392 g/mol. The van der Waals surface area contributed by atoms with Crippen molar-refractivity contribution in [3.63, 3.8) is 0 Å². The zero-order chi connectivity index (χ0) is 20.8. The first kappa shape index (κ1) is 20.3. The van der Waals surface area contributed by atoms with Gasteiger partial charge in [0.15, 0.2) is 0 Å². The average Bonchev–Trinajstić information content (AvgIpc) is 3.27. The summed E-state index contributed by atoms with van der Waals surface area (Å²) < 4.78 is 5.42. The van der Waals surface area contributed by atoms with Gasteiger partial charge in [-0.2, -0.15) is 15.0 Å². The van der Waals surface area contributed by atoms with Gasteiger partial charge in [-0.15, -0.1) is 0 Å². The maximum Gasteiger partial charge on any atom is 0.338 e. The molecule has 1 aromatic heterocycles. The maximum atomic E-state index is 13.3. The number of amides is 1. The van der Waals surface area contributed by atoms with E-state index in [1.165, 1.54) is 4.80 Å². The van der Waals surface area contributed by atoms with Crippen LogP contribution in [0.4, 0.5) is 0 Å². The minimum Gasteiger partial charge on any atom is -0.460 e. The second kappa shape index (κ2) is 9.14. The summed E-state index contributed by atoms with van der Waals surface area (Å²) in [6.45, 7) is 6.27. The number of aromatic nitrogens is 3. The smallest absolute Gasteiger partial charge is 0.338 e. The lowest BCUT2D eigenvalue weighted by molar-refractivity contribution is 0.0344. The summed E-state index contributed by atoms with van der Waals surface area (Å²) in [5, 5.41) is 8.30. The molecule has 3 aromatic rings. The van der Waals surface area contributed by atoms with E-state index in [1.807, 2.05) is 45.0 Å². The van der Waals surface area contributed by atoms with E-state index in [0.717, 1.165) is 5.56 Å². The number of likely N-dealkylation sites (N-methyl/N-ethyl adjacent to an activating group) is 1. The maximum absolute atomic E-state index is 13.3. The Balaban J connectivity index is 1.77. The van der Waals surface area contributed by atoms with Crippen molar-refractivity contribution in [3.8, 4) is 5.69 Å². The number of hydrogen-bond acceptors (Lipinski definition) is 5. The molecule has 0 saturated carbocycles. The number of hydrogen-bond donors (Lipinski definition) is 0. The van der Waals surface area contributed by atoms with Gasteiger partial charge in [-0.25, -0.2) is 4.79 Å². The number of aryl methyl sites for hydroxylation is 1. The quantitative estimate of drug-likeness (QED) is 0.577. The fraction of sp³-hybridized carbons (Fsp3) is 0.273. The molecule has 29 heavy (non-hydrogen) atoms. The van der Waals surface area contributed by atoms with Crippen molar-refractivity contribution in [1.82, 2.24) is 19.9 Å². The lowest BCUT2D eigenvalue weighted by Crippen LogP contribution is -2.42. The van der Waals surface area contributed by atoms with Crippen molar-refractivity contribution in [2.24, 2.45) is 0 Å². The SMILES string of the molecule is CCN(C(=O)c1cc(C)ccc1-n1nccn1)[C@@H](C)COC(=O)c1ccccc1. The van der Waals surface area contributed by atoms with Crippen LogP contribution >= 0.6 is 0 Å². The second-order valence-electron chi connectivity index (χ2n) is 6.74. The Morgan fingerprint density at radius 1 is 1.10 bits per heavy atom. The molecule has 150 valence electrons. The lowest BCUT2D eigenvalue weighted by Gasteiger charge is -2.28. The van der Waals surface area contributed by atoms with Crippen LogP contribution in [-0.4, -0.2) is 51.0 Å². The van der Waals surface area contributed by atoms with E-state index >= 15 is 0 Å². The van der Waals surface area contributed by atoms with E-state index in [1.54, 1.807) is 41.6 Å². The summed E-state index contributed by atoms with van der Waals surface area (Å²) in [6.07, 6.45) is 3.13. The fourth-order valence-electron chi connectivity index (χ4n) is 3.09. The van der Waals surface area contributed by atoms with Gasteiger partial charge in [-0.05, 0) is 45.0 Å². The van der Waals surface area contributed by atoms with Crippen molar-refractivity contribution in [3.05, 3.63) is 77.6 Å². The molecule has 2 aromatic carbocycles. The van der Waals surface area contributed by atoms with Crippen molar-refractivity contribution in [2.75, 3.05) is 13.2 Å². The van der Waals surface area contributed by atoms with Gasteiger partial charge in [0.1, 0.15) is 6.61 Å². The summed E-state index contributed by atoms with van der Waals surface area (Å²) in [7, 11) is 0. The van der Waals surface area contributed by atoms with Crippen LogP contribution in [0, 0.1) is 6.92 Å². The first-order valence-electron chi connectivity index (χ1n) is 9.51. The highest BCUT2D eigenvalue weighted by Crippen LogP contribution is 2.19. The molecule has 0 bridgehead atoms. The molecule has 0 fully saturated rings. The van der Waals surface area contributed by atoms with E-state index in [2.05, 4.69) is 10.2 Å². The van der Waals surface area contributed by atoms with Crippen LogP contribution in [0.5, 0.6) is 0 Å². The van der Waals surface area contributed by atoms with Crippen LogP contribution in [-0.2, 0) is 4.74 Å². The Morgan fingerprint density at radius 3 is 2.45 bits per heavy atom. The van der Waals surface area contributed by atoms with E-state index in [0.29, 0.717) is 23.4 Å². The van der Waals surface area contributed by atoms with Crippen LogP contribution in [0.1, 0.15) is 40.1 Å². The van der Waals surface area contributed by atoms with Gasteiger partial charge in [0.2, 0.25) is 0 Å². The van der Waals surface area contributed by atoms with Crippen LogP contribution in [0.3, 0.4) is 0 Å². The molecule has 0 unspecified atom stereocenters. The number of ether oxygens (including phenoxy) is 1. The van der Waals surface area contributed by atoms with Gasteiger partial charge in [-0.3, -0.25) is 4.79 Å². The Labute approximate surface area is 169 Å². The number of nitrogens with zero attached hydrogens (tertiary/aromatic N) is 4. The van der Waals surface area contributed by atoms with Crippen molar-refractivity contribution < 1.29 is 14.3 Å². The van der Waals surface area contributed by atoms with E-state index in [-0.39, 0.29) is 18.6 Å². The molecule has 0 aliphatic heterocycles. The normalized spacial score (nSPS) is 11.7. The van der Waals surface area contributed by atoms with Crippen molar-refractivity contribution in [1.29, 1.82) is 0 Å². The Hall–Kier alpha value is -3.48. The molecule has 3 rings (SSSR count). The summed E-state index contributed by atoms with van der Waals surface area (Å²) in [5.74, 6) is -0.565. The molecule has 0 saturated heterocycles. The van der Waals surface area contributed by atoms with Crippen molar-refractivity contribution >= 4 is 11.9 Å². The topological polar surface area (TPSA) is 77.3 Å².